The lowest BCUT2D eigenvalue weighted by atomic mass is 10.2. The Hall–Kier alpha value is -2.92. The van der Waals surface area contributed by atoms with Crippen LogP contribution in [0.15, 0.2) is 61.1 Å². The molecule has 0 spiro atoms. The first-order valence-corrected chi connectivity index (χ1v) is 8.84. The summed E-state index contributed by atoms with van der Waals surface area (Å²) in [6.45, 7) is 4.99. The van der Waals surface area contributed by atoms with E-state index >= 15 is 0 Å². The molecule has 0 aliphatic rings. The Morgan fingerprint density at radius 2 is 1.88 bits per heavy atom. The van der Waals surface area contributed by atoms with Crippen molar-refractivity contribution in [2.24, 2.45) is 0 Å². The summed E-state index contributed by atoms with van der Waals surface area (Å²) in [5.41, 5.74) is 3.99. The van der Waals surface area contributed by atoms with Crippen LogP contribution >= 0.6 is 11.6 Å². The predicted octanol–water partition coefficient (Wildman–Crippen LogP) is 4.94. The molecular formula is C20H18ClN5. The first-order chi connectivity index (χ1) is 12.7. The highest BCUT2D eigenvalue weighted by Gasteiger charge is 2.16. The van der Waals surface area contributed by atoms with Gasteiger partial charge in [-0.2, -0.15) is 5.10 Å². The van der Waals surface area contributed by atoms with Gasteiger partial charge in [-0.1, -0.05) is 23.7 Å². The fourth-order valence-electron chi connectivity index (χ4n) is 3.07. The van der Waals surface area contributed by atoms with Crippen molar-refractivity contribution in [3.8, 4) is 5.69 Å². The summed E-state index contributed by atoms with van der Waals surface area (Å²) in [5.74, 6) is 0.850. The molecule has 5 nitrogen and oxygen atoms in total. The van der Waals surface area contributed by atoms with E-state index < -0.39 is 0 Å². The molecule has 0 atom stereocenters. The van der Waals surface area contributed by atoms with E-state index in [1.807, 2.05) is 30.5 Å². The van der Waals surface area contributed by atoms with Gasteiger partial charge in [0.15, 0.2) is 5.65 Å². The van der Waals surface area contributed by atoms with Gasteiger partial charge in [0.05, 0.1) is 17.3 Å². The number of nitrogens with zero attached hydrogens (tertiary/aromatic N) is 5. The lowest BCUT2D eigenvalue weighted by Gasteiger charge is -2.22. The van der Waals surface area contributed by atoms with Crippen LogP contribution in [0.2, 0.25) is 5.02 Å². The maximum atomic E-state index is 6.00. The Kier molecular flexibility index (Phi) is 4.31. The summed E-state index contributed by atoms with van der Waals surface area (Å²) in [4.78, 5) is 11.2. The summed E-state index contributed by atoms with van der Waals surface area (Å²) in [6, 6.07) is 15.9. The number of hydrogen-bond acceptors (Lipinski definition) is 4. The van der Waals surface area contributed by atoms with Crippen LogP contribution in [0.4, 0.5) is 11.5 Å². The molecule has 0 aliphatic heterocycles. The van der Waals surface area contributed by atoms with Crippen LogP contribution < -0.4 is 4.90 Å². The molecule has 2 aromatic heterocycles. The van der Waals surface area contributed by atoms with E-state index in [4.69, 9.17) is 11.6 Å². The number of halogens is 1. The molecule has 0 N–H and O–H groups in total. The Morgan fingerprint density at radius 3 is 2.62 bits per heavy atom. The van der Waals surface area contributed by atoms with E-state index in [-0.39, 0.29) is 0 Å². The predicted molar refractivity (Wildman–Crippen MR) is 106 cm³/mol. The number of aryl methyl sites for hydroxylation is 1. The quantitative estimate of drug-likeness (QED) is 0.515. The third kappa shape index (κ3) is 2.91. The second kappa shape index (κ2) is 6.77. The zero-order valence-corrected chi connectivity index (χ0v) is 15.4. The van der Waals surface area contributed by atoms with Crippen molar-refractivity contribution in [3.63, 3.8) is 0 Å². The molecule has 0 saturated carbocycles. The highest BCUT2D eigenvalue weighted by atomic mass is 35.5. The van der Waals surface area contributed by atoms with Gasteiger partial charge in [-0.25, -0.2) is 14.6 Å². The minimum Gasteiger partial charge on any atom is -0.326 e. The number of anilines is 2. The van der Waals surface area contributed by atoms with Crippen molar-refractivity contribution in [2.45, 2.75) is 13.8 Å². The third-order valence-electron chi connectivity index (χ3n) is 4.30. The Balaban J connectivity index is 1.85. The zero-order chi connectivity index (χ0) is 18.1. The molecule has 0 amide bonds. The second-order valence-electron chi connectivity index (χ2n) is 6.05. The number of aromatic nitrogens is 4. The SMILES string of the molecule is CCN(c1cccc(C)c1)c1ncnc2c1cnn2-c1ccc(Cl)cc1. The van der Waals surface area contributed by atoms with Crippen molar-refractivity contribution in [1.29, 1.82) is 0 Å². The molecular weight excluding hydrogens is 346 g/mol. The van der Waals surface area contributed by atoms with Crippen LogP contribution in [0.3, 0.4) is 0 Å². The molecule has 0 unspecified atom stereocenters. The maximum Gasteiger partial charge on any atom is 0.168 e. The van der Waals surface area contributed by atoms with Crippen molar-refractivity contribution < 1.29 is 0 Å². The highest BCUT2D eigenvalue weighted by molar-refractivity contribution is 6.30. The minimum absolute atomic E-state index is 0.692. The summed E-state index contributed by atoms with van der Waals surface area (Å²) < 4.78 is 1.81. The Bertz CT molecular complexity index is 1060. The van der Waals surface area contributed by atoms with Crippen molar-refractivity contribution >= 4 is 34.1 Å². The van der Waals surface area contributed by atoms with Gasteiger partial charge in [-0.05, 0) is 55.8 Å². The largest absolute Gasteiger partial charge is 0.326 e. The maximum absolute atomic E-state index is 6.00. The topological polar surface area (TPSA) is 46.8 Å². The van der Waals surface area contributed by atoms with Gasteiger partial charge in [-0.15, -0.1) is 0 Å². The number of rotatable bonds is 4. The van der Waals surface area contributed by atoms with E-state index in [1.54, 1.807) is 11.0 Å². The second-order valence-corrected chi connectivity index (χ2v) is 6.49. The molecule has 130 valence electrons. The fraction of sp³-hybridized carbons (Fsp3) is 0.150. The molecule has 0 bridgehead atoms. The molecule has 2 heterocycles. The number of benzene rings is 2. The summed E-state index contributed by atoms with van der Waals surface area (Å²) in [6.07, 6.45) is 3.40. The van der Waals surface area contributed by atoms with Gasteiger partial charge in [0.25, 0.3) is 0 Å². The molecule has 26 heavy (non-hydrogen) atoms. The van der Waals surface area contributed by atoms with E-state index in [0.717, 1.165) is 34.8 Å². The van der Waals surface area contributed by atoms with E-state index in [0.29, 0.717) is 5.02 Å². The van der Waals surface area contributed by atoms with Gasteiger partial charge < -0.3 is 4.90 Å². The van der Waals surface area contributed by atoms with Crippen molar-refractivity contribution in [2.75, 3.05) is 11.4 Å². The first kappa shape index (κ1) is 16.5. The van der Waals surface area contributed by atoms with E-state index in [2.05, 4.69) is 58.1 Å². The molecule has 6 heteroatoms. The van der Waals surface area contributed by atoms with Crippen molar-refractivity contribution in [1.82, 2.24) is 19.7 Å². The normalized spacial score (nSPS) is 11.0. The van der Waals surface area contributed by atoms with E-state index in [9.17, 15) is 0 Å². The number of hydrogen-bond donors (Lipinski definition) is 0. The Labute approximate surface area is 156 Å². The molecule has 4 rings (SSSR count). The smallest absolute Gasteiger partial charge is 0.168 e. The van der Waals surface area contributed by atoms with Gasteiger partial charge in [-0.3, -0.25) is 0 Å². The lowest BCUT2D eigenvalue weighted by Crippen LogP contribution is -2.18. The molecule has 0 fully saturated rings. The third-order valence-corrected chi connectivity index (χ3v) is 4.55. The van der Waals surface area contributed by atoms with Gasteiger partial charge in [0, 0.05) is 17.3 Å². The monoisotopic (exact) mass is 363 g/mol. The summed E-state index contributed by atoms with van der Waals surface area (Å²) in [5, 5.41) is 6.13. The summed E-state index contributed by atoms with van der Waals surface area (Å²) in [7, 11) is 0. The van der Waals surface area contributed by atoms with Crippen LogP contribution in [0, 0.1) is 6.92 Å². The lowest BCUT2D eigenvalue weighted by molar-refractivity contribution is 0.894. The minimum atomic E-state index is 0.692. The molecule has 4 aromatic rings. The first-order valence-electron chi connectivity index (χ1n) is 8.46. The summed E-state index contributed by atoms with van der Waals surface area (Å²) >= 11 is 6.00. The molecule has 0 saturated heterocycles. The van der Waals surface area contributed by atoms with Crippen molar-refractivity contribution in [3.05, 3.63) is 71.6 Å². The highest BCUT2D eigenvalue weighted by Crippen LogP contribution is 2.30. The van der Waals surface area contributed by atoms with Crippen LogP contribution in [0.25, 0.3) is 16.7 Å². The average molecular weight is 364 g/mol. The van der Waals surface area contributed by atoms with Gasteiger partial charge in [0.1, 0.15) is 12.1 Å². The van der Waals surface area contributed by atoms with Crippen LogP contribution in [-0.2, 0) is 0 Å². The standard InChI is InChI=1S/C20H18ClN5/c1-3-25(17-6-4-5-14(2)11-17)19-18-12-24-26(20(18)23-13-22-19)16-9-7-15(21)8-10-16/h4-13H,3H2,1-2H3. The average Bonchev–Trinajstić information content (AvgIpc) is 3.08. The number of fused-ring (bicyclic) bond motifs is 1. The van der Waals surface area contributed by atoms with Crippen LogP contribution in [0.1, 0.15) is 12.5 Å². The van der Waals surface area contributed by atoms with E-state index in [1.165, 1.54) is 5.56 Å². The van der Waals surface area contributed by atoms with Crippen LogP contribution in [0.5, 0.6) is 0 Å². The Morgan fingerprint density at radius 1 is 1.08 bits per heavy atom. The molecule has 2 aromatic carbocycles. The zero-order valence-electron chi connectivity index (χ0n) is 14.6. The molecule has 0 aliphatic carbocycles. The van der Waals surface area contributed by atoms with Gasteiger partial charge in [0.2, 0.25) is 0 Å². The van der Waals surface area contributed by atoms with Gasteiger partial charge >= 0.3 is 0 Å². The van der Waals surface area contributed by atoms with Crippen LogP contribution in [-0.4, -0.2) is 26.3 Å². The molecule has 0 radical (unpaired) electrons. The fourth-order valence-corrected chi connectivity index (χ4v) is 3.19.